The van der Waals surface area contributed by atoms with E-state index in [1.54, 1.807) is 12.1 Å². The maximum absolute atomic E-state index is 13.7. The zero-order valence-corrected chi connectivity index (χ0v) is 21.4. The predicted octanol–water partition coefficient (Wildman–Crippen LogP) is 4.19. The van der Waals surface area contributed by atoms with E-state index in [1.165, 1.54) is 0 Å². The van der Waals surface area contributed by atoms with E-state index in [0.29, 0.717) is 35.8 Å². The van der Waals surface area contributed by atoms with Gasteiger partial charge in [0, 0.05) is 23.9 Å². The smallest absolute Gasteiger partial charge is 0.348 e. The van der Waals surface area contributed by atoms with Gasteiger partial charge in [-0.15, -0.1) is 0 Å². The molecule has 0 spiro atoms. The van der Waals surface area contributed by atoms with Gasteiger partial charge in [0.1, 0.15) is 6.04 Å². The summed E-state index contributed by atoms with van der Waals surface area (Å²) in [6.07, 6.45) is 1.42. The zero-order chi connectivity index (χ0) is 28.2. The van der Waals surface area contributed by atoms with Crippen molar-refractivity contribution in [2.75, 3.05) is 6.54 Å². The molecule has 0 saturated carbocycles. The average molecular weight is 546 g/mol. The molecule has 2 aliphatic rings. The number of carbonyl (C=O) groups is 5. The summed E-state index contributed by atoms with van der Waals surface area (Å²) in [7, 11) is 0. The first kappa shape index (κ1) is 28.3. The molecule has 2 aromatic carbocycles. The van der Waals surface area contributed by atoms with Gasteiger partial charge in [-0.25, -0.2) is 0 Å². The summed E-state index contributed by atoms with van der Waals surface area (Å²) in [4.78, 5) is 62.9. The Hall–Kier alpha value is -3.76. The van der Waals surface area contributed by atoms with Crippen molar-refractivity contribution < 1.29 is 37.1 Å². The minimum absolute atomic E-state index is 0.00253. The van der Waals surface area contributed by atoms with E-state index in [0.717, 1.165) is 48.0 Å². The summed E-state index contributed by atoms with van der Waals surface area (Å²) in [5, 5.41) is 5.44. The molecule has 1 unspecified atom stereocenters. The molecular formula is C28H30F3N3O5. The van der Waals surface area contributed by atoms with Crippen LogP contribution in [0.3, 0.4) is 0 Å². The van der Waals surface area contributed by atoms with E-state index in [9.17, 15) is 37.1 Å². The molecule has 4 rings (SSSR count). The Bertz CT molecular complexity index is 1310. The number of imide groups is 2. The fraction of sp³-hybridized carbons (Fsp3) is 0.464. The highest BCUT2D eigenvalue weighted by Gasteiger charge is 2.43. The van der Waals surface area contributed by atoms with Gasteiger partial charge in [-0.3, -0.25) is 34.2 Å². The number of alkyl halides is 3. The highest BCUT2D eigenvalue weighted by Crippen LogP contribution is 2.35. The van der Waals surface area contributed by atoms with Gasteiger partial charge in [-0.2, -0.15) is 13.2 Å². The molecule has 0 aliphatic carbocycles. The van der Waals surface area contributed by atoms with Gasteiger partial charge in [0.25, 0.3) is 11.8 Å². The summed E-state index contributed by atoms with van der Waals surface area (Å²) in [6, 6.07) is 7.95. The second-order valence-electron chi connectivity index (χ2n) is 9.93. The number of halogens is 3. The van der Waals surface area contributed by atoms with Crippen molar-refractivity contribution in [3.8, 4) is 0 Å². The van der Waals surface area contributed by atoms with Crippen molar-refractivity contribution in [3.05, 3.63) is 47.0 Å². The van der Waals surface area contributed by atoms with Gasteiger partial charge in [-0.1, -0.05) is 56.4 Å². The first-order valence-electron chi connectivity index (χ1n) is 13.2. The number of hydrogen-bond acceptors (Lipinski definition) is 5. The molecule has 0 bridgehead atoms. The van der Waals surface area contributed by atoms with Crippen LogP contribution in [0.15, 0.2) is 30.3 Å². The Kier molecular flexibility index (Phi) is 8.66. The predicted molar refractivity (Wildman–Crippen MR) is 136 cm³/mol. The van der Waals surface area contributed by atoms with Gasteiger partial charge in [0.2, 0.25) is 11.8 Å². The number of nitrogens with zero attached hydrogens (tertiary/aromatic N) is 1. The lowest BCUT2D eigenvalue weighted by atomic mass is 9.87. The molecule has 2 N–H and O–H groups in total. The maximum Gasteiger partial charge on any atom is 0.471 e. The molecule has 0 radical (unpaired) electrons. The fourth-order valence-corrected chi connectivity index (χ4v) is 5.23. The number of amides is 5. The van der Waals surface area contributed by atoms with Gasteiger partial charge in [0.15, 0.2) is 0 Å². The number of unbranched alkanes of at least 4 members (excludes halogenated alkanes) is 6. The Balaban J connectivity index is 1.34. The second-order valence-corrected chi connectivity index (χ2v) is 9.93. The molecule has 0 aromatic heterocycles. The first-order chi connectivity index (χ1) is 18.6. The quantitative estimate of drug-likeness (QED) is 0.325. The molecule has 2 heterocycles. The van der Waals surface area contributed by atoms with Crippen LogP contribution in [0.4, 0.5) is 13.2 Å². The summed E-state index contributed by atoms with van der Waals surface area (Å²) in [5.41, 5.74) is 1.58. The lowest BCUT2D eigenvalue weighted by Crippen LogP contribution is -2.57. The SMILES string of the molecule is O=C1CCC(N2C(=O)c3cccc4ccc(CCCCCCCCCNC(=O)C(F)(F)F)c(c34)C2=O)C(=O)N1. The minimum atomic E-state index is -4.85. The van der Waals surface area contributed by atoms with E-state index in [4.69, 9.17) is 0 Å². The summed E-state index contributed by atoms with van der Waals surface area (Å²) >= 11 is 0. The topological polar surface area (TPSA) is 113 Å². The van der Waals surface area contributed by atoms with Gasteiger partial charge < -0.3 is 5.32 Å². The summed E-state index contributed by atoms with van der Waals surface area (Å²) in [6.45, 7) is -0.00253. The van der Waals surface area contributed by atoms with Crippen molar-refractivity contribution in [1.82, 2.24) is 15.5 Å². The zero-order valence-electron chi connectivity index (χ0n) is 21.4. The Morgan fingerprint density at radius 3 is 2.31 bits per heavy atom. The van der Waals surface area contributed by atoms with Crippen LogP contribution in [0, 0.1) is 0 Å². The number of rotatable bonds is 11. The van der Waals surface area contributed by atoms with E-state index >= 15 is 0 Å². The third-order valence-corrected chi connectivity index (χ3v) is 7.20. The molecule has 2 aromatic rings. The van der Waals surface area contributed by atoms with Crippen LogP contribution < -0.4 is 10.6 Å². The molecule has 39 heavy (non-hydrogen) atoms. The normalized spacial score (nSPS) is 17.5. The molecule has 8 nitrogen and oxygen atoms in total. The standard InChI is InChI=1S/C28H30F3N3O5/c29-28(30,31)27(39)32-16-7-5-3-1-2-4-6-9-18-13-12-17-10-8-11-19-22(17)23(18)26(38)34(25(19)37)20-14-15-21(35)33-24(20)36/h8,10-13,20H,1-7,9,14-16H2,(H,32,39)(H,33,35,36). The van der Waals surface area contributed by atoms with Crippen molar-refractivity contribution >= 4 is 40.3 Å². The van der Waals surface area contributed by atoms with Crippen LogP contribution in [0.25, 0.3) is 10.8 Å². The Labute approximate surface area is 223 Å². The van der Waals surface area contributed by atoms with Gasteiger partial charge >= 0.3 is 12.1 Å². The van der Waals surface area contributed by atoms with Crippen LogP contribution in [0.5, 0.6) is 0 Å². The first-order valence-corrected chi connectivity index (χ1v) is 13.2. The Morgan fingerprint density at radius 1 is 0.923 bits per heavy atom. The van der Waals surface area contributed by atoms with E-state index in [-0.39, 0.29) is 19.4 Å². The minimum Gasteiger partial charge on any atom is -0.348 e. The van der Waals surface area contributed by atoms with Crippen molar-refractivity contribution in [2.24, 2.45) is 0 Å². The molecule has 11 heteroatoms. The van der Waals surface area contributed by atoms with Crippen LogP contribution in [0.1, 0.15) is 84.1 Å². The van der Waals surface area contributed by atoms with Gasteiger partial charge in [0.05, 0.1) is 5.56 Å². The van der Waals surface area contributed by atoms with Crippen LogP contribution in [0.2, 0.25) is 0 Å². The molecule has 208 valence electrons. The molecule has 1 saturated heterocycles. The van der Waals surface area contributed by atoms with Crippen molar-refractivity contribution in [1.29, 1.82) is 0 Å². The fourth-order valence-electron chi connectivity index (χ4n) is 5.23. The third-order valence-electron chi connectivity index (χ3n) is 7.20. The van der Waals surface area contributed by atoms with Crippen molar-refractivity contribution in [3.63, 3.8) is 0 Å². The molecule has 1 atom stereocenters. The largest absolute Gasteiger partial charge is 0.471 e. The lowest BCUT2D eigenvalue weighted by Gasteiger charge is -2.35. The molecule has 5 amide bonds. The van der Waals surface area contributed by atoms with E-state index < -0.39 is 41.8 Å². The van der Waals surface area contributed by atoms with Crippen molar-refractivity contribution in [2.45, 2.75) is 76.4 Å². The maximum atomic E-state index is 13.7. The van der Waals surface area contributed by atoms with E-state index in [1.807, 2.05) is 23.5 Å². The number of piperidine rings is 1. The van der Waals surface area contributed by atoms with Crippen LogP contribution in [-0.4, -0.2) is 53.2 Å². The van der Waals surface area contributed by atoms with Gasteiger partial charge in [-0.05, 0) is 42.7 Å². The monoisotopic (exact) mass is 545 g/mol. The average Bonchev–Trinajstić information content (AvgIpc) is 2.88. The third kappa shape index (κ3) is 6.29. The number of benzene rings is 2. The number of carbonyl (C=O) groups excluding carboxylic acids is 5. The molecule has 2 aliphatic heterocycles. The highest BCUT2D eigenvalue weighted by atomic mass is 19.4. The number of hydrogen-bond donors (Lipinski definition) is 2. The lowest BCUT2D eigenvalue weighted by molar-refractivity contribution is -0.173. The summed E-state index contributed by atoms with van der Waals surface area (Å²) < 4.78 is 36.5. The molecule has 1 fully saturated rings. The molecular weight excluding hydrogens is 515 g/mol. The highest BCUT2D eigenvalue weighted by molar-refractivity contribution is 6.27. The number of nitrogens with one attached hydrogen (secondary N) is 2. The van der Waals surface area contributed by atoms with Crippen LogP contribution >= 0.6 is 0 Å². The number of aryl methyl sites for hydroxylation is 1. The van der Waals surface area contributed by atoms with E-state index in [2.05, 4.69) is 5.32 Å². The second kappa shape index (κ2) is 12.0. The van der Waals surface area contributed by atoms with Crippen LogP contribution in [-0.2, 0) is 20.8 Å². The summed E-state index contributed by atoms with van der Waals surface area (Å²) in [5.74, 6) is -4.05. The Morgan fingerprint density at radius 2 is 1.62 bits per heavy atom.